The lowest BCUT2D eigenvalue weighted by Gasteiger charge is -2.21. The normalized spacial score (nSPS) is 12.7. The van der Waals surface area contributed by atoms with Gasteiger partial charge in [-0.3, -0.25) is 4.79 Å². The molecule has 0 spiro atoms. The monoisotopic (exact) mass is 407 g/mol. The van der Waals surface area contributed by atoms with Crippen molar-refractivity contribution in [3.05, 3.63) is 90.0 Å². The number of nitrogens with one attached hydrogen (secondary N) is 1. The number of methoxy groups -OCH3 is 2. The van der Waals surface area contributed by atoms with Crippen molar-refractivity contribution in [3.8, 4) is 11.5 Å². The van der Waals surface area contributed by atoms with Crippen LogP contribution in [0.3, 0.4) is 0 Å². The van der Waals surface area contributed by atoms with Crippen LogP contribution in [0.15, 0.2) is 83.8 Å². The van der Waals surface area contributed by atoms with Crippen molar-refractivity contribution in [2.45, 2.75) is 23.1 Å². The predicted molar refractivity (Wildman–Crippen MR) is 118 cm³/mol. The molecule has 150 valence electrons. The summed E-state index contributed by atoms with van der Waals surface area (Å²) in [5.74, 6) is 1.27. The van der Waals surface area contributed by atoms with E-state index in [0.717, 1.165) is 16.0 Å². The second kappa shape index (κ2) is 10.0. The number of rotatable bonds is 8. The molecule has 1 amide bonds. The number of carbonyl (C=O) groups is 1. The maximum atomic E-state index is 13.2. The van der Waals surface area contributed by atoms with Crippen molar-refractivity contribution in [3.63, 3.8) is 0 Å². The van der Waals surface area contributed by atoms with E-state index in [1.165, 1.54) is 0 Å². The van der Waals surface area contributed by atoms with Crippen molar-refractivity contribution in [2.75, 3.05) is 14.2 Å². The molecule has 2 atom stereocenters. The summed E-state index contributed by atoms with van der Waals surface area (Å²) < 4.78 is 10.7. The summed E-state index contributed by atoms with van der Waals surface area (Å²) in [6, 6.07) is 25.3. The number of ether oxygens (including phenoxy) is 2. The van der Waals surface area contributed by atoms with E-state index in [4.69, 9.17) is 9.47 Å². The molecular formula is C24H25NO3S. The lowest BCUT2D eigenvalue weighted by atomic mass is 10.1. The van der Waals surface area contributed by atoms with E-state index in [0.29, 0.717) is 11.5 Å². The molecule has 0 fully saturated rings. The van der Waals surface area contributed by atoms with E-state index in [2.05, 4.69) is 5.32 Å². The van der Waals surface area contributed by atoms with E-state index in [1.807, 2.05) is 85.8 Å². The summed E-state index contributed by atoms with van der Waals surface area (Å²) in [6.45, 7) is 1.97. The van der Waals surface area contributed by atoms with Gasteiger partial charge in [0.25, 0.3) is 0 Å². The molecule has 3 aromatic rings. The lowest BCUT2D eigenvalue weighted by molar-refractivity contribution is -0.121. The summed E-state index contributed by atoms with van der Waals surface area (Å²) in [7, 11) is 3.21. The standard InChI is InChI=1S/C24H25NO3S/c1-17(19-14-15-21(27-2)22(16-19)28-3)25-24(26)23(18-10-6-4-7-11-18)29-20-12-8-5-9-13-20/h4-17,23H,1-3H3,(H,25,26). The molecule has 3 rings (SSSR count). The van der Waals surface area contributed by atoms with Gasteiger partial charge in [-0.05, 0) is 42.3 Å². The average molecular weight is 408 g/mol. The number of hydrogen-bond donors (Lipinski definition) is 1. The molecule has 29 heavy (non-hydrogen) atoms. The Bertz CT molecular complexity index is 931. The topological polar surface area (TPSA) is 47.6 Å². The average Bonchev–Trinajstić information content (AvgIpc) is 2.78. The van der Waals surface area contributed by atoms with Crippen LogP contribution in [0.1, 0.15) is 29.3 Å². The van der Waals surface area contributed by atoms with E-state index in [1.54, 1.807) is 26.0 Å². The van der Waals surface area contributed by atoms with Gasteiger partial charge in [0.05, 0.1) is 20.3 Å². The van der Waals surface area contributed by atoms with Crippen LogP contribution in [0.4, 0.5) is 0 Å². The first-order valence-electron chi connectivity index (χ1n) is 9.41. The summed E-state index contributed by atoms with van der Waals surface area (Å²) in [6.07, 6.45) is 0. The second-order valence-electron chi connectivity index (χ2n) is 6.57. The lowest BCUT2D eigenvalue weighted by Crippen LogP contribution is -2.30. The van der Waals surface area contributed by atoms with E-state index >= 15 is 0 Å². The minimum Gasteiger partial charge on any atom is -0.493 e. The third-order valence-electron chi connectivity index (χ3n) is 4.60. The Hall–Kier alpha value is -2.92. The summed E-state index contributed by atoms with van der Waals surface area (Å²) in [4.78, 5) is 14.3. The first-order chi connectivity index (χ1) is 14.1. The van der Waals surface area contributed by atoms with E-state index < -0.39 is 0 Å². The summed E-state index contributed by atoms with van der Waals surface area (Å²) in [5.41, 5.74) is 1.92. The van der Waals surface area contributed by atoms with Crippen LogP contribution in [0, 0.1) is 0 Å². The third-order valence-corrected chi connectivity index (χ3v) is 5.87. The molecule has 0 aliphatic carbocycles. The highest BCUT2D eigenvalue weighted by Crippen LogP contribution is 2.36. The summed E-state index contributed by atoms with van der Waals surface area (Å²) >= 11 is 1.54. The minimum absolute atomic E-state index is 0.0349. The highest BCUT2D eigenvalue weighted by molar-refractivity contribution is 8.00. The SMILES string of the molecule is COc1ccc(C(C)NC(=O)C(Sc2ccccc2)c2ccccc2)cc1OC. The summed E-state index contributed by atoms with van der Waals surface area (Å²) in [5, 5.41) is 2.80. The molecule has 0 heterocycles. The van der Waals surface area contributed by atoms with Crippen LogP contribution in [0.2, 0.25) is 0 Å². The quantitative estimate of drug-likeness (QED) is 0.507. The van der Waals surface area contributed by atoms with Crippen LogP contribution >= 0.6 is 11.8 Å². The van der Waals surface area contributed by atoms with Gasteiger partial charge in [-0.15, -0.1) is 11.8 Å². The smallest absolute Gasteiger partial charge is 0.238 e. The highest BCUT2D eigenvalue weighted by atomic mass is 32.2. The second-order valence-corrected chi connectivity index (χ2v) is 7.74. The molecule has 4 nitrogen and oxygen atoms in total. The van der Waals surface area contributed by atoms with Crippen LogP contribution in [0.25, 0.3) is 0 Å². The fourth-order valence-electron chi connectivity index (χ4n) is 3.03. The fourth-order valence-corrected chi connectivity index (χ4v) is 4.09. The Balaban J connectivity index is 1.80. The fraction of sp³-hybridized carbons (Fsp3) is 0.208. The molecule has 3 aromatic carbocycles. The van der Waals surface area contributed by atoms with Crippen molar-refractivity contribution in [1.29, 1.82) is 0 Å². The van der Waals surface area contributed by atoms with Gasteiger partial charge in [0.2, 0.25) is 5.91 Å². The molecule has 5 heteroatoms. The molecule has 0 saturated carbocycles. The van der Waals surface area contributed by atoms with Crippen LogP contribution in [-0.4, -0.2) is 20.1 Å². The largest absolute Gasteiger partial charge is 0.493 e. The number of amides is 1. The Morgan fingerprint density at radius 2 is 1.45 bits per heavy atom. The molecule has 2 unspecified atom stereocenters. The van der Waals surface area contributed by atoms with Crippen LogP contribution < -0.4 is 14.8 Å². The van der Waals surface area contributed by atoms with Gasteiger partial charge in [0.15, 0.2) is 11.5 Å². The van der Waals surface area contributed by atoms with Crippen LogP contribution in [0.5, 0.6) is 11.5 Å². The molecule has 0 aromatic heterocycles. The zero-order chi connectivity index (χ0) is 20.6. The number of hydrogen-bond acceptors (Lipinski definition) is 4. The van der Waals surface area contributed by atoms with Gasteiger partial charge >= 0.3 is 0 Å². The first kappa shape index (κ1) is 20.8. The Morgan fingerprint density at radius 3 is 2.07 bits per heavy atom. The van der Waals surface area contributed by atoms with Crippen molar-refractivity contribution in [2.24, 2.45) is 0 Å². The van der Waals surface area contributed by atoms with Gasteiger partial charge in [-0.25, -0.2) is 0 Å². The Labute approximate surface area is 176 Å². The van der Waals surface area contributed by atoms with Crippen molar-refractivity contribution in [1.82, 2.24) is 5.32 Å². The molecule has 0 radical (unpaired) electrons. The van der Waals surface area contributed by atoms with Gasteiger partial charge in [0, 0.05) is 4.90 Å². The van der Waals surface area contributed by atoms with Crippen molar-refractivity contribution < 1.29 is 14.3 Å². The maximum Gasteiger partial charge on any atom is 0.238 e. The number of thioether (sulfide) groups is 1. The molecule has 0 bridgehead atoms. The number of benzene rings is 3. The molecule has 0 aliphatic heterocycles. The molecule has 0 saturated heterocycles. The number of carbonyl (C=O) groups excluding carboxylic acids is 1. The maximum absolute atomic E-state index is 13.2. The highest BCUT2D eigenvalue weighted by Gasteiger charge is 2.24. The Morgan fingerprint density at radius 1 is 0.828 bits per heavy atom. The van der Waals surface area contributed by atoms with Crippen molar-refractivity contribution >= 4 is 17.7 Å². The van der Waals surface area contributed by atoms with E-state index in [-0.39, 0.29) is 17.2 Å². The molecule has 1 N–H and O–H groups in total. The zero-order valence-electron chi connectivity index (χ0n) is 16.8. The zero-order valence-corrected chi connectivity index (χ0v) is 17.6. The van der Waals surface area contributed by atoms with Gasteiger partial charge in [0.1, 0.15) is 5.25 Å². The van der Waals surface area contributed by atoms with Gasteiger partial charge < -0.3 is 14.8 Å². The van der Waals surface area contributed by atoms with Crippen LogP contribution in [-0.2, 0) is 4.79 Å². The first-order valence-corrected chi connectivity index (χ1v) is 10.3. The van der Waals surface area contributed by atoms with Gasteiger partial charge in [-0.2, -0.15) is 0 Å². The molecule has 0 aliphatic rings. The Kier molecular flexibility index (Phi) is 7.19. The van der Waals surface area contributed by atoms with Gasteiger partial charge in [-0.1, -0.05) is 54.6 Å². The van der Waals surface area contributed by atoms with E-state index in [9.17, 15) is 4.79 Å². The molecular weight excluding hydrogens is 382 g/mol. The minimum atomic E-state index is -0.346. The predicted octanol–water partition coefficient (Wildman–Crippen LogP) is 5.41. The third kappa shape index (κ3) is 5.33.